The number of ether oxygens (including phenoxy) is 1. The summed E-state index contributed by atoms with van der Waals surface area (Å²) in [5.41, 5.74) is 1.11. The van der Waals surface area contributed by atoms with Gasteiger partial charge in [0.25, 0.3) is 0 Å². The first-order valence-electron chi connectivity index (χ1n) is 6.25. The van der Waals surface area contributed by atoms with Crippen LogP contribution in [0.4, 0.5) is 0 Å². The summed E-state index contributed by atoms with van der Waals surface area (Å²) in [5, 5.41) is 0. The summed E-state index contributed by atoms with van der Waals surface area (Å²) in [7, 11) is 0. The van der Waals surface area contributed by atoms with Crippen molar-refractivity contribution in [3.05, 3.63) is 29.8 Å². The van der Waals surface area contributed by atoms with E-state index in [1.54, 1.807) is 0 Å². The Morgan fingerprint density at radius 1 is 1.28 bits per heavy atom. The molecule has 0 aliphatic carbocycles. The lowest BCUT2D eigenvalue weighted by molar-refractivity contribution is 0.340. The monoisotopic (exact) mass is 269 g/mol. The van der Waals surface area contributed by atoms with E-state index in [4.69, 9.17) is 4.74 Å². The Labute approximate surface area is 113 Å². The lowest BCUT2D eigenvalue weighted by Crippen LogP contribution is -2.40. The second-order valence-electron chi connectivity index (χ2n) is 5.22. The summed E-state index contributed by atoms with van der Waals surface area (Å²) >= 11 is -1.06. The van der Waals surface area contributed by atoms with Crippen LogP contribution in [-0.4, -0.2) is 15.9 Å². The molecular weight excluding hydrogens is 246 g/mol. The molecule has 1 aromatic carbocycles. The predicted molar refractivity (Wildman–Crippen MR) is 77.1 cm³/mol. The Morgan fingerprint density at radius 3 is 2.28 bits per heavy atom. The van der Waals surface area contributed by atoms with Gasteiger partial charge in [-0.05, 0) is 52.3 Å². The SMILES string of the molecule is CCOc1ccc([C@H](C)N[S@+]([O-])C(C)(C)C)cc1. The number of nitrogens with one attached hydrogen (secondary N) is 1. The molecule has 0 bridgehead atoms. The van der Waals surface area contributed by atoms with Crippen molar-refractivity contribution in [3.63, 3.8) is 0 Å². The van der Waals surface area contributed by atoms with E-state index in [0.29, 0.717) is 6.61 Å². The molecule has 0 aliphatic heterocycles. The Morgan fingerprint density at radius 2 is 1.83 bits per heavy atom. The molecule has 0 amide bonds. The summed E-state index contributed by atoms with van der Waals surface area (Å²) < 4.78 is 20.3. The van der Waals surface area contributed by atoms with E-state index in [0.717, 1.165) is 11.3 Å². The number of hydrogen-bond donors (Lipinski definition) is 1. The molecule has 0 saturated carbocycles. The number of benzene rings is 1. The van der Waals surface area contributed by atoms with Crippen molar-refractivity contribution in [2.75, 3.05) is 6.61 Å². The molecule has 1 aromatic rings. The van der Waals surface area contributed by atoms with E-state index in [-0.39, 0.29) is 10.8 Å². The van der Waals surface area contributed by atoms with Crippen LogP contribution in [0.3, 0.4) is 0 Å². The second kappa shape index (κ2) is 6.45. The van der Waals surface area contributed by atoms with E-state index in [2.05, 4.69) is 4.72 Å². The van der Waals surface area contributed by atoms with Gasteiger partial charge < -0.3 is 9.29 Å². The molecule has 18 heavy (non-hydrogen) atoms. The van der Waals surface area contributed by atoms with Gasteiger partial charge >= 0.3 is 0 Å². The van der Waals surface area contributed by atoms with Gasteiger partial charge in [-0.1, -0.05) is 12.1 Å². The molecule has 2 atom stereocenters. The summed E-state index contributed by atoms with van der Waals surface area (Å²) in [6.07, 6.45) is 0. The Kier molecular flexibility index (Phi) is 5.50. The van der Waals surface area contributed by atoms with Gasteiger partial charge in [0, 0.05) is 11.4 Å². The van der Waals surface area contributed by atoms with Gasteiger partial charge in [-0.3, -0.25) is 0 Å². The Balaban J connectivity index is 2.64. The fourth-order valence-electron chi connectivity index (χ4n) is 1.42. The van der Waals surface area contributed by atoms with Crippen LogP contribution >= 0.6 is 0 Å². The first-order valence-corrected chi connectivity index (χ1v) is 7.40. The van der Waals surface area contributed by atoms with Crippen molar-refractivity contribution >= 4 is 11.4 Å². The average Bonchev–Trinajstić information content (AvgIpc) is 2.29. The van der Waals surface area contributed by atoms with Crippen LogP contribution in [0.2, 0.25) is 0 Å². The van der Waals surface area contributed by atoms with Gasteiger partial charge in [0.2, 0.25) is 0 Å². The molecule has 0 radical (unpaired) electrons. The normalized spacial score (nSPS) is 15.2. The third-order valence-electron chi connectivity index (χ3n) is 2.53. The Bertz CT molecular complexity index is 359. The maximum atomic E-state index is 12.0. The van der Waals surface area contributed by atoms with Gasteiger partial charge in [0.15, 0.2) is 0 Å². The largest absolute Gasteiger partial charge is 0.598 e. The predicted octanol–water partition coefficient (Wildman–Crippen LogP) is 3.20. The van der Waals surface area contributed by atoms with Crippen molar-refractivity contribution < 1.29 is 9.29 Å². The van der Waals surface area contributed by atoms with Crippen LogP contribution in [-0.2, 0) is 11.4 Å². The fourth-order valence-corrected chi connectivity index (χ4v) is 2.24. The molecule has 0 aliphatic rings. The molecule has 0 heterocycles. The third kappa shape index (κ3) is 4.52. The molecule has 0 saturated heterocycles. The van der Waals surface area contributed by atoms with Crippen molar-refractivity contribution in [1.82, 2.24) is 4.72 Å². The van der Waals surface area contributed by atoms with Crippen LogP contribution in [0.5, 0.6) is 5.75 Å². The third-order valence-corrected chi connectivity index (χ3v) is 4.21. The maximum absolute atomic E-state index is 12.0. The van der Waals surface area contributed by atoms with Crippen molar-refractivity contribution in [3.8, 4) is 5.75 Å². The molecule has 1 rings (SSSR count). The molecule has 0 fully saturated rings. The van der Waals surface area contributed by atoms with Crippen LogP contribution in [0.1, 0.15) is 46.2 Å². The molecule has 0 aromatic heterocycles. The summed E-state index contributed by atoms with van der Waals surface area (Å²) in [6, 6.07) is 7.94. The smallest absolute Gasteiger partial charge is 0.136 e. The van der Waals surface area contributed by atoms with Crippen LogP contribution in [0.15, 0.2) is 24.3 Å². The topological polar surface area (TPSA) is 44.3 Å². The molecule has 0 unspecified atom stereocenters. The quantitative estimate of drug-likeness (QED) is 0.835. The van der Waals surface area contributed by atoms with Gasteiger partial charge in [-0.2, -0.15) is 0 Å². The zero-order valence-corrected chi connectivity index (χ0v) is 12.6. The second-order valence-corrected chi connectivity index (χ2v) is 7.22. The highest BCUT2D eigenvalue weighted by Gasteiger charge is 2.28. The van der Waals surface area contributed by atoms with Crippen LogP contribution in [0, 0.1) is 0 Å². The summed E-state index contributed by atoms with van der Waals surface area (Å²) in [5.74, 6) is 0.866. The fraction of sp³-hybridized carbons (Fsp3) is 0.571. The standard InChI is InChI=1S/C14H23NO2S/c1-6-17-13-9-7-12(8-10-13)11(2)15-18(16)14(3,4)5/h7-11,15H,6H2,1-5H3/t11-,18+/m0/s1. The first-order chi connectivity index (χ1) is 8.34. The van der Waals surface area contributed by atoms with Crippen molar-refractivity contribution in [1.29, 1.82) is 0 Å². The lowest BCUT2D eigenvalue weighted by atomic mass is 10.1. The summed E-state index contributed by atoms with van der Waals surface area (Å²) in [6.45, 7) is 10.5. The van der Waals surface area contributed by atoms with E-state index in [9.17, 15) is 4.55 Å². The van der Waals surface area contributed by atoms with E-state index in [1.165, 1.54) is 0 Å². The lowest BCUT2D eigenvalue weighted by Gasteiger charge is -2.26. The van der Waals surface area contributed by atoms with E-state index < -0.39 is 11.4 Å². The minimum atomic E-state index is -1.06. The molecule has 0 spiro atoms. The van der Waals surface area contributed by atoms with Gasteiger partial charge in [0.05, 0.1) is 12.6 Å². The van der Waals surface area contributed by atoms with Crippen molar-refractivity contribution in [2.45, 2.75) is 45.4 Å². The first kappa shape index (κ1) is 15.3. The summed E-state index contributed by atoms with van der Waals surface area (Å²) in [4.78, 5) is 0. The molecule has 1 N–H and O–H groups in total. The van der Waals surface area contributed by atoms with Crippen LogP contribution in [0.25, 0.3) is 0 Å². The van der Waals surface area contributed by atoms with Crippen molar-refractivity contribution in [2.24, 2.45) is 0 Å². The molecule has 3 nitrogen and oxygen atoms in total. The number of rotatable bonds is 5. The maximum Gasteiger partial charge on any atom is 0.136 e. The minimum Gasteiger partial charge on any atom is -0.598 e. The van der Waals surface area contributed by atoms with E-state index >= 15 is 0 Å². The highest BCUT2D eigenvalue weighted by molar-refractivity contribution is 7.90. The zero-order chi connectivity index (χ0) is 13.8. The highest BCUT2D eigenvalue weighted by atomic mass is 32.2. The molecule has 4 heteroatoms. The molecular formula is C14H23NO2S. The zero-order valence-electron chi connectivity index (χ0n) is 11.8. The van der Waals surface area contributed by atoms with Crippen LogP contribution < -0.4 is 9.46 Å². The van der Waals surface area contributed by atoms with Gasteiger partial charge in [-0.15, -0.1) is 4.72 Å². The average molecular weight is 269 g/mol. The minimum absolute atomic E-state index is 0.0562. The van der Waals surface area contributed by atoms with Gasteiger partial charge in [-0.25, -0.2) is 0 Å². The number of hydrogen-bond acceptors (Lipinski definition) is 3. The molecule has 102 valence electrons. The highest BCUT2D eigenvalue weighted by Crippen LogP contribution is 2.21. The van der Waals surface area contributed by atoms with Gasteiger partial charge in [0.1, 0.15) is 10.5 Å². The Hall–Kier alpha value is -0.710. The van der Waals surface area contributed by atoms with E-state index in [1.807, 2.05) is 58.9 Å².